The molecule has 0 spiro atoms. The van der Waals surface area contributed by atoms with Crippen LogP contribution in [0, 0.1) is 32.0 Å². The Bertz CT molecular complexity index is 112. The van der Waals surface area contributed by atoms with Gasteiger partial charge >= 0.3 is 37.7 Å². The van der Waals surface area contributed by atoms with Crippen LogP contribution in [0.5, 0.6) is 0 Å². The van der Waals surface area contributed by atoms with Crippen LogP contribution >= 0.6 is 37.9 Å². The van der Waals surface area contributed by atoms with Crippen LogP contribution in [-0.2, 0) is 0 Å². The van der Waals surface area contributed by atoms with Gasteiger partial charge in [-0.3, -0.25) is 0 Å². The van der Waals surface area contributed by atoms with Gasteiger partial charge in [0.15, 0.2) is 0 Å². The third-order valence-corrected chi connectivity index (χ3v) is 0. The molecule has 0 bridgehead atoms. The average molecular weight is 219 g/mol. The Balaban J connectivity index is -0.0000000257. The van der Waals surface area contributed by atoms with Gasteiger partial charge in [-0.15, -0.1) is 0 Å². The van der Waals surface area contributed by atoms with Crippen LogP contribution in [0.2, 0.25) is 0 Å². The van der Waals surface area contributed by atoms with Crippen molar-refractivity contribution in [2.75, 3.05) is 0 Å². The average Bonchev–Trinajstić information content (AvgIpc) is 1.70. The molecule has 10 heavy (non-hydrogen) atoms. The van der Waals surface area contributed by atoms with E-state index in [1.165, 1.54) is 16.2 Å². The summed E-state index contributed by atoms with van der Waals surface area (Å²) >= 11 is 9.28. The summed E-state index contributed by atoms with van der Waals surface area (Å²) in [4.78, 5) is 0. The molecule has 3 nitrogen and oxygen atoms in total. The summed E-state index contributed by atoms with van der Waals surface area (Å²) in [5, 5.41) is 25.9. The van der Waals surface area contributed by atoms with Gasteiger partial charge in [-0.05, 0) is 0 Å². The van der Waals surface area contributed by atoms with Gasteiger partial charge in [0, 0.05) is 0 Å². The third-order valence-electron chi connectivity index (χ3n) is 0. The summed E-state index contributed by atoms with van der Waals surface area (Å²) in [6, 6.07) is 0. The van der Waals surface area contributed by atoms with Crippen molar-refractivity contribution >= 4 is 75.6 Å². The second-order valence-corrected chi connectivity index (χ2v) is 0.900. The molecule has 0 amide bonds. The zero-order valence-corrected chi connectivity index (χ0v) is 6.87. The summed E-state index contributed by atoms with van der Waals surface area (Å²) in [7, 11) is 0. The van der Waals surface area contributed by atoms with E-state index < -0.39 is 0 Å². The molecular formula is C3H5CaN3S3. The van der Waals surface area contributed by atoms with Crippen molar-refractivity contribution in [3.63, 3.8) is 0 Å². The van der Waals surface area contributed by atoms with Crippen LogP contribution < -0.4 is 0 Å². The number of rotatable bonds is 0. The molecule has 7 heteroatoms. The molecule has 0 saturated carbocycles. The van der Waals surface area contributed by atoms with Crippen LogP contribution in [0.1, 0.15) is 0 Å². The summed E-state index contributed by atoms with van der Waals surface area (Å²) in [5.41, 5.74) is 0. The van der Waals surface area contributed by atoms with Crippen molar-refractivity contribution in [1.29, 1.82) is 15.8 Å². The van der Waals surface area contributed by atoms with Gasteiger partial charge < -0.3 is 0 Å². The maximum absolute atomic E-state index is 7.18. The number of nitriles is 3. The Kier molecular flexibility index (Phi) is 118. The fourth-order valence-corrected chi connectivity index (χ4v) is 0. The molecule has 0 aromatic rings. The van der Waals surface area contributed by atoms with Crippen molar-refractivity contribution in [2.24, 2.45) is 0 Å². The molecule has 0 unspecified atom stereocenters. The molecule has 0 saturated heterocycles. The predicted molar refractivity (Wildman–Crippen MR) is 52.3 cm³/mol. The number of hydrogen-bond acceptors (Lipinski definition) is 6. The van der Waals surface area contributed by atoms with E-state index in [4.69, 9.17) is 15.8 Å². The second kappa shape index (κ2) is 52.8. The van der Waals surface area contributed by atoms with Gasteiger partial charge in [-0.1, -0.05) is 37.9 Å². The first kappa shape index (κ1) is 22.4. The fraction of sp³-hybridized carbons (Fsp3) is 0. The van der Waals surface area contributed by atoms with E-state index in [0.717, 1.165) is 0 Å². The molecule has 0 aromatic heterocycles. The third kappa shape index (κ3) is 874. The van der Waals surface area contributed by atoms with E-state index in [9.17, 15) is 0 Å². The Hall–Kier alpha value is 0.780. The molecule has 0 heterocycles. The topological polar surface area (TPSA) is 71.4 Å². The molecular weight excluding hydrogens is 214 g/mol. The van der Waals surface area contributed by atoms with Gasteiger partial charge in [0.05, 0.1) is 0 Å². The van der Waals surface area contributed by atoms with E-state index in [-0.39, 0.29) is 37.7 Å². The van der Waals surface area contributed by atoms with E-state index in [0.29, 0.717) is 0 Å². The van der Waals surface area contributed by atoms with Gasteiger partial charge in [-0.2, -0.15) is 15.8 Å². The van der Waals surface area contributed by atoms with Crippen LogP contribution in [0.4, 0.5) is 0 Å². The predicted octanol–water partition coefficient (Wildman–Crippen LogP) is 0.276. The number of thiocyanates is 3. The molecule has 0 rings (SSSR count). The first-order valence-electron chi connectivity index (χ1n) is 1.34. The van der Waals surface area contributed by atoms with Crippen LogP contribution in [0.25, 0.3) is 0 Å². The van der Waals surface area contributed by atoms with E-state index in [1.54, 1.807) is 0 Å². The summed E-state index contributed by atoms with van der Waals surface area (Å²) in [5.74, 6) is 0. The van der Waals surface area contributed by atoms with Crippen LogP contribution in [-0.4, -0.2) is 37.7 Å². The Morgan fingerprint density at radius 1 is 0.700 bits per heavy atom. The Labute approximate surface area is 106 Å². The minimum atomic E-state index is 0. The molecule has 0 N–H and O–H groups in total. The van der Waals surface area contributed by atoms with Crippen LogP contribution in [0.3, 0.4) is 0 Å². The molecule has 0 fully saturated rings. The van der Waals surface area contributed by atoms with Crippen molar-refractivity contribution in [1.82, 2.24) is 0 Å². The molecule has 0 atom stereocenters. The standard InChI is InChI=1S/3CHNS.Ca.2H/c3*2-1-3;;;/h3*3H;;;. The van der Waals surface area contributed by atoms with Crippen LogP contribution in [0.15, 0.2) is 0 Å². The normalized spacial score (nSPS) is 2.40. The van der Waals surface area contributed by atoms with Gasteiger partial charge in [0.2, 0.25) is 0 Å². The number of hydrogen-bond donors (Lipinski definition) is 3. The van der Waals surface area contributed by atoms with E-state index >= 15 is 0 Å². The fourth-order valence-electron chi connectivity index (χ4n) is 0. The van der Waals surface area contributed by atoms with Gasteiger partial charge in [0.1, 0.15) is 16.2 Å². The minimum absolute atomic E-state index is 0. The second-order valence-electron chi connectivity index (χ2n) is 0.300. The zero-order valence-electron chi connectivity index (χ0n) is 4.18. The number of nitrogens with zero attached hydrogens (tertiary/aromatic N) is 3. The maximum atomic E-state index is 7.18. The molecule has 0 aliphatic carbocycles. The van der Waals surface area contributed by atoms with Crippen molar-refractivity contribution in [2.45, 2.75) is 0 Å². The van der Waals surface area contributed by atoms with Gasteiger partial charge in [-0.25, -0.2) is 0 Å². The summed E-state index contributed by atoms with van der Waals surface area (Å²) in [6.07, 6.45) is 0. The quantitative estimate of drug-likeness (QED) is 0.311. The first-order valence-corrected chi connectivity index (χ1v) is 2.68. The molecule has 0 aromatic carbocycles. The molecule has 0 radical (unpaired) electrons. The SMILES string of the molecule is N#CS.N#CS.N#CS.[CaH2]. The molecule has 0 aliphatic heterocycles. The van der Waals surface area contributed by atoms with Crippen molar-refractivity contribution < 1.29 is 0 Å². The molecule has 0 aliphatic rings. The molecule has 52 valence electrons. The first-order chi connectivity index (χ1) is 4.24. The zero-order chi connectivity index (χ0) is 8.12. The van der Waals surface area contributed by atoms with E-state index in [1.807, 2.05) is 0 Å². The van der Waals surface area contributed by atoms with E-state index in [2.05, 4.69) is 37.9 Å². The van der Waals surface area contributed by atoms with Crippen molar-refractivity contribution in [3.05, 3.63) is 0 Å². The summed E-state index contributed by atoms with van der Waals surface area (Å²) in [6.45, 7) is 0. The Morgan fingerprint density at radius 3 is 0.700 bits per heavy atom. The van der Waals surface area contributed by atoms with Crippen molar-refractivity contribution in [3.8, 4) is 16.2 Å². The summed E-state index contributed by atoms with van der Waals surface area (Å²) < 4.78 is 0. The van der Waals surface area contributed by atoms with Gasteiger partial charge in [0.25, 0.3) is 0 Å². The number of thiol groups is 3. The monoisotopic (exact) mass is 219 g/mol. The Morgan fingerprint density at radius 2 is 0.700 bits per heavy atom.